The lowest BCUT2D eigenvalue weighted by Gasteiger charge is -2.19. The van der Waals surface area contributed by atoms with E-state index < -0.39 is 0 Å². The van der Waals surface area contributed by atoms with Crippen molar-refractivity contribution in [3.63, 3.8) is 0 Å². The van der Waals surface area contributed by atoms with E-state index in [0.717, 1.165) is 6.61 Å². The molecular formula is C10H21NO. The molecule has 2 heteroatoms. The summed E-state index contributed by atoms with van der Waals surface area (Å²) >= 11 is 0. The van der Waals surface area contributed by atoms with Crippen molar-refractivity contribution in [1.29, 1.82) is 0 Å². The molecule has 1 saturated heterocycles. The zero-order valence-electron chi connectivity index (χ0n) is 8.47. The lowest BCUT2D eigenvalue weighted by molar-refractivity contribution is 0.0248. The van der Waals surface area contributed by atoms with Gasteiger partial charge in [-0.15, -0.1) is 0 Å². The molecule has 0 saturated carbocycles. The van der Waals surface area contributed by atoms with Gasteiger partial charge in [0.15, 0.2) is 0 Å². The second kappa shape index (κ2) is 4.83. The third-order valence-corrected chi connectivity index (χ3v) is 2.66. The predicted octanol–water partition coefficient (Wildman–Crippen LogP) is 1.80. The molecule has 0 aromatic rings. The average molecular weight is 171 g/mol. The highest BCUT2D eigenvalue weighted by atomic mass is 16.5. The Morgan fingerprint density at radius 3 is 2.67 bits per heavy atom. The van der Waals surface area contributed by atoms with Gasteiger partial charge in [-0.25, -0.2) is 0 Å². The van der Waals surface area contributed by atoms with E-state index in [-0.39, 0.29) is 0 Å². The molecular weight excluding hydrogens is 150 g/mol. The quantitative estimate of drug-likeness (QED) is 0.696. The molecule has 12 heavy (non-hydrogen) atoms. The maximum Gasteiger partial charge on any atom is 0.0623 e. The summed E-state index contributed by atoms with van der Waals surface area (Å²) < 4.78 is 5.72. The molecule has 1 N–H and O–H groups in total. The molecule has 2 atom stereocenters. The molecule has 1 fully saturated rings. The first kappa shape index (κ1) is 10.0. The van der Waals surface area contributed by atoms with Crippen LogP contribution in [-0.2, 0) is 4.74 Å². The Morgan fingerprint density at radius 2 is 2.17 bits per heavy atom. The van der Waals surface area contributed by atoms with E-state index in [0.29, 0.717) is 18.1 Å². The van der Waals surface area contributed by atoms with E-state index in [2.05, 4.69) is 26.1 Å². The highest BCUT2D eigenvalue weighted by Crippen LogP contribution is 2.09. The van der Waals surface area contributed by atoms with Gasteiger partial charge in [-0.2, -0.15) is 0 Å². The van der Waals surface area contributed by atoms with Crippen molar-refractivity contribution in [1.82, 2.24) is 5.32 Å². The van der Waals surface area contributed by atoms with Crippen molar-refractivity contribution in [3.05, 3.63) is 0 Å². The molecule has 1 heterocycles. The number of ether oxygens (including phenoxy) is 1. The van der Waals surface area contributed by atoms with E-state index in [1.807, 2.05) is 0 Å². The van der Waals surface area contributed by atoms with Gasteiger partial charge >= 0.3 is 0 Å². The number of nitrogens with one attached hydrogen (secondary N) is 1. The van der Waals surface area contributed by atoms with Gasteiger partial charge in [0.25, 0.3) is 0 Å². The topological polar surface area (TPSA) is 21.3 Å². The first-order valence-electron chi connectivity index (χ1n) is 5.05. The van der Waals surface area contributed by atoms with Gasteiger partial charge in [-0.3, -0.25) is 0 Å². The van der Waals surface area contributed by atoms with E-state index in [4.69, 9.17) is 4.74 Å². The number of hydrogen-bond acceptors (Lipinski definition) is 2. The van der Waals surface area contributed by atoms with Crippen LogP contribution in [0.4, 0.5) is 0 Å². The standard InChI is InChI=1S/C10H21NO/c1-8(2)9(3)12-7-10-5-4-6-11-10/h8-11H,4-7H2,1-3H3. The number of rotatable bonds is 4. The summed E-state index contributed by atoms with van der Waals surface area (Å²) in [4.78, 5) is 0. The van der Waals surface area contributed by atoms with E-state index >= 15 is 0 Å². The van der Waals surface area contributed by atoms with E-state index in [9.17, 15) is 0 Å². The van der Waals surface area contributed by atoms with E-state index in [1.54, 1.807) is 0 Å². The summed E-state index contributed by atoms with van der Waals surface area (Å²) in [5, 5.41) is 3.43. The van der Waals surface area contributed by atoms with Crippen molar-refractivity contribution in [2.75, 3.05) is 13.2 Å². The Labute approximate surface area is 75.7 Å². The van der Waals surface area contributed by atoms with Gasteiger partial charge in [-0.1, -0.05) is 13.8 Å². The first-order chi connectivity index (χ1) is 5.70. The minimum absolute atomic E-state index is 0.396. The third-order valence-electron chi connectivity index (χ3n) is 2.66. The largest absolute Gasteiger partial charge is 0.377 e. The van der Waals surface area contributed by atoms with Crippen LogP contribution < -0.4 is 5.32 Å². The maximum absolute atomic E-state index is 5.72. The predicted molar refractivity (Wildman–Crippen MR) is 51.3 cm³/mol. The second-order valence-corrected chi connectivity index (χ2v) is 4.08. The first-order valence-corrected chi connectivity index (χ1v) is 5.05. The number of hydrogen-bond donors (Lipinski definition) is 1. The van der Waals surface area contributed by atoms with Crippen LogP contribution in [0, 0.1) is 5.92 Å². The van der Waals surface area contributed by atoms with Gasteiger partial charge in [0.1, 0.15) is 0 Å². The summed E-state index contributed by atoms with van der Waals surface area (Å²) in [6.07, 6.45) is 2.99. The summed E-state index contributed by atoms with van der Waals surface area (Å²) in [7, 11) is 0. The Hall–Kier alpha value is -0.0800. The zero-order valence-corrected chi connectivity index (χ0v) is 8.47. The summed E-state index contributed by atoms with van der Waals surface area (Å²) in [5.41, 5.74) is 0. The molecule has 0 radical (unpaired) electrons. The molecule has 2 nitrogen and oxygen atoms in total. The van der Waals surface area contributed by atoms with Gasteiger partial charge in [-0.05, 0) is 32.2 Å². The van der Waals surface area contributed by atoms with Crippen molar-refractivity contribution in [2.24, 2.45) is 5.92 Å². The fourth-order valence-electron chi connectivity index (χ4n) is 1.36. The van der Waals surface area contributed by atoms with Crippen LogP contribution in [0.15, 0.2) is 0 Å². The molecule has 0 bridgehead atoms. The molecule has 0 aliphatic carbocycles. The molecule has 0 spiro atoms. The van der Waals surface area contributed by atoms with Crippen molar-refractivity contribution in [2.45, 2.75) is 45.8 Å². The summed E-state index contributed by atoms with van der Waals surface area (Å²) in [5.74, 6) is 0.631. The van der Waals surface area contributed by atoms with Crippen LogP contribution in [0.25, 0.3) is 0 Å². The van der Waals surface area contributed by atoms with Crippen molar-refractivity contribution in [3.8, 4) is 0 Å². The van der Waals surface area contributed by atoms with Crippen LogP contribution in [0.2, 0.25) is 0 Å². The maximum atomic E-state index is 5.72. The van der Waals surface area contributed by atoms with Gasteiger partial charge < -0.3 is 10.1 Å². The minimum atomic E-state index is 0.396. The lowest BCUT2D eigenvalue weighted by Crippen LogP contribution is -2.30. The molecule has 72 valence electrons. The monoisotopic (exact) mass is 171 g/mol. The van der Waals surface area contributed by atoms with Gasteiger partial charge in [0.2, 0.25) is 0 Å². The van der Waals surface area contributed by atoms with Crippen LogP contribution >= 0.6 is 0 Å². The Kier molecular flexibility index (Phi) is 4.02. The zero-order chi connectivity index (χ0) is 8.97. The molecule has 0 amide bonds. The van der Waals surface area contributed by atoms with Crippen LogP contribution in [0.1, 0.15) is 33.6 Å². The Bertz CT molecular complexity index is 117. The summed E-state index contributed by atoms with van der Waals surface area (Å²) in [6, 6.07) is 0.617. The Morgan fingerprint density at radius 1 is 1.42 bits per heavy atom. The fourth-order valence-corrected chi connectivity index (χ4v) is 1.36. The third kappa shape index (κ3) is 3.11. The molecule has 1 rings (SSSR count). The van der Waals surface area contributed by atoms with Crippen LogP contribution in [-0.4, -0.2) is 25.3 Å². The van der Waals surface area contributed by atoms with Crippen LogP contribution in [0.3, 0.4) is 0 Å². The SMILES string of the molecule is CC(C)C(C)OCC1CCCN1. The molecule has 1 aliphatic rings. The normalized spacial score (nSPS) is 26.5. The van der Waals surface area contributed by atoms with Gasteiger partial charge in [0.05, 0.1) is 12.7 Å². The molecule has 1 aliphatic heterocycles. The smallest absolute Gasteiger partial charge is 0.0623 e. The van der Waals surface area contributed by atoms with Crippen molar-refractivity contribution < 1.29 is 4.74 Å². The van der Waals surface area contributed by atoms with Gasteiger partial charge in [0, 0.05) is 6.04 Å². The Balaban J connectivity index is 2.07. The molecule has 0 aromatic carbocycles. The van der Waals surface area contributed by atoms with Crippen LogP contribution in [0.5, 0.6) is 0 Å². The minimum Gasteiger partial charge on any atom is -0.377 e. The van der Waals surface area contributed by atoms with E-state index in [1.165, 1.54) is 19.4 Å². The fraction of sp³-hybridized carbons (Fsp3) is 1.00. The van der Waals surface area contributed by atoms with Crippen molar-refractivity contribution >= 4 is 0 Å². The molecule has 2 unspecified atom stereocenters. The highest BCUT2D eigenvalue weighted by Gasteiger charge is 2.16. The summed E-state index contributed by atoms with van der Waals surface area (Å²) in [6.45, 7) is 8.61. The second-order valence-electron chi connectivity index (χ2n) is 4.08. The molecule has 0 aromatic heterocycles. The highest BCUT2D eigenvalue weighted by molar-refractivity contribution is 4.73. The average Bonchev–Trinajstić information content (AvgIpc) is 2.51. The lowest BCUT2D eigenvalue weighted by atomic mass is 10.1.